The van der Waals surface area contributed by atoms with Gasteiger partial charge in [0.1, 0.15) is 0 Å². The maximum Gasteiger partial charge on any atom is 0 e. The molecule has 1 saturated heterocycles. The Bertz CT molecular complexity index is 334. The van der Waals surface area contributed by atoms with Crippen molar-refractivity contribution in [3.8, 4) is 0 Å². The third kappa shape index (κ3) is 12.3. The molecule has 6 nitrogen and oxygen atoms in total. The molecule has 0 spiro atoms. The van der Waals surface area contributed by atoms with Gasteiger partial charge in [0, 0.05) is 5.71 Å². The van der Waals surface area contributed by atoms with Gasteiger partial charge in [0.15, 0.2) is 0 Å². The van der Waals surface area contributed by atoms with Crippen LogP contribution in [-0.4, -0.2) is 70.5 Å². The van der Waals surface area contributed by atoms with Crippen molar-refractivity contribution >= 4 is 20.2 Å². The first kappa shape index (κ1) is 24.9. The monoisotopic (exact) mass is 454 g/mol. The molecule has 2 fully saturated rings. The van der Waals surface area contributed by atoms with Crippen LogP contribution in [0.5, 0.6) is 0 Å². The average Bonchev–Trinajstić information content (AvgIpc) is 2.66. The summed E-state index contributed by atoms with van der Waals surface area (Å²) in [5.41, 5.74) is 5.66. The van der Waals surface area contributed by atoms with Gasteiger partial charge >= 0.3 is 33.3 Å². The van der Waals surface area contributed by atoms with Crippen LogP contribution in [0.15, 0.2) is 0 Å². The van der Waals surface area contributed by atoms with E-state index in [1.807, 2.05) is 0 Å². The number of hydrogen-bond donors (Lipinski definition) is 1. The molecule has 26 heavy (non-hydrogen) atoms. The largest absolute Gasteiger partial charge is 0 e. The van der Waals surface area contributed by atoms with Crippen LogP contribution in [0.4, 0.5) is 0 Å². The first-order valence-corrected chi connectivity index (χ1v) is 12.9. The SMILES string of the molecule is NCCC[C@H]1C[N-]C2CCCC[C@H]2[N-]CC[N-]CC[N-]CC[N-]1.[Cl][Mn][Cl].[HH].[HH].[HH].[HH]. The number of hydrogen-bond acceptors (Lipinski definition) is 1. The Morgan fingerprint density at radius 2 is 1.38 bits per heavy atom. The molecule has 0 aromatic carbocycles. The molecular formula is C17H41Cl2MnN6-5. The molecule has 2 aliphatic rings. The van der Waals surface area contributed by atoms with E-state index >= 15 is 0 Å². The fourth-order valence-electron chi connectivity index (χ4n) is 3.34. The Morgan fingerprint density at radius 3 is 2.00 bits per heavy atom. The summed E-state index contributed by atoms with van der Waals surface area (Å²) in [6.45, 7) is 6.51. The summed E-state index contributed by atoms with van der Waals surface area (Å²) in [5.74, 6) is 0. The second-order valence-electron chi connectivity index (χ2n) is 6.58. The van der Waals surface area contributed by atoms with Gasteiger partial charge in [-0.15, -0.1) is 0 Å². The van der Waals surface area contributed by atoms with Gasteiger partial charge in [0.2, 0.25) is 0 Å². The van der Waals surface area contributed by atoms with Crippen LogP contribution in [0.3, 0.4) is 0 Å². The number of rotatable bonds is 3. The Hall–Kier alpha value is 0.859. The number of nitrogens with zero attached hydrogens (tertiary/aromatic N) is 5. The third-order valence-corrected chi connectivity index (χ3v) is 4.67. The van der Waals surface area contributed by atoms with E-state index in [1.165, 1.54) is 25.7 Å². The second-order valence-corrected chi connectivity index (χ2v) is 8.53. The molecule has 0 aromatic rings. The first-order chi connectivity index (χ1) is 12.8. The van der Waals surface area contributed by atoms with Gasteiger partial charge in [0.05, 0.1) is 0 Å². The number of nitrogens with two attached hydrogens (primary N) is 1. The zero-order valence-electron chi connectivity index (χ0n) is 15.6. The minimum atomic E-state index is 0. The Labute approximate surface area is 180 Å². The molecule has 1 aliphatic carbocycles. The van der Waals surface area contributed by atoms with Gasteiger partial charge in [-0.05, 0) is 13.0 Å². The topological polar surface area (TPSA) is 96.5 Å². The molecule has 165 valence electrons. The molecule has 0 bridgehead atoms. The molecule has 1 saturated carbocycles. The van der Waals surface area contributed by atoms with E-state index in [0.29, 0.717) is 18.1 Å². The number of fused-ring (bicyclic) bond motifs is 1. The normalized spacial score (nSPS) is 29.4. The fourth-order valence-corrected chi connectivity index (χ4v) is 3.34. The van der Waals surface area contributed by atoms with Gasteiger partial charge < -0.3 is 32.3 Å². The molecule has 0 radical (unpaired) electrons. The van der Waals surface area contributed by atoms with Crippen molar-refractivity contribution in [2.24, 2.45) is 5.73 Å². The van der Waals surface area contributed by atoms with E-state index in [1.54, 1.807) is 0 Å². The van der Waals surface area contributed by atoms with Crippen molar-refractivity contribution in [3.63, 3.8) is 0 Å². The molecule has 0 amide bonds. The van der Waals surface area contributed by atoms with E-state index in [0.717, 1.165) is 65.2 Å². The summed E-state index contributed by atoms with van der Waals surface area (Å²) in [7, 11) is 9.59. The summed E-state index contributed by atoms with van der Waals surface area (Å²) in [6, 6.07) is 1.12. The minimum absolute atomic E-state index is 0. The van der Waals surface area contributed by atoms with Crippen molar-refractivity contribution in [3.05, 3.63) is 26.6 Å². The zero-order valence-corrected chi connectivity index (χ0v) is 18.3. The number of halogens is 2. The van der Waals surface area contributed by atoms with Gasteiger partial charge in [-0.1, -0.05) is 32.1 Å². The van der Waals surface area contributed by atoms with Crippen LogP contribution >= 0.6 is 20.2 Å². The predicted molar refractivity (Wildman–Crippen MR) is 119 cm³/mol. The van der Waals surface area contributed by atoms with Crippen molar-refractivity contribution in [1.82, 2.24) is 0 Å². The Balaban J connectivity index is -0.000000455. The molecule has 1 heterocycles. The predicted octanol–water partition coefficient (Wildman–Crippen LogP) is 5.65. The zero-order chi connectivity index (χ0) is 18.9. The van der Waals surface area contributed by atoms with Gasteiger partial charge in [-0.25, -0.2) is 0 Å². The van der Waals surface area contributed by atoms with Crippen molar-refractivity contribution in [2.45, 2.75) is 56.7 Å². The molecule has 2 rings (SSSR count). The van der Waals surface area contributed by atoms with Crippen LogP contribution in [-0.2, 0) is 13.1 Å². The molecule has 1 unspecified atom stereocenters. The summed E-state index contributed by atoms with van der Waals surface area (Å²) in [5, 5.41) is 23.7. The van der Waals surface area contributed by atoms with E-state index in [4.69, 9.17) is 41.9 Å². The maximum absolute atomic E-state index is 5.66. The quantitative estimate of drug-likeness (QED) is 0.547. The van der Waals surface area contributed by atoms with Crippen LogP contribution in [0.1, 0.15) is 44.2 Å². The second kappa shape index (κ2) is 17.9. The van der Waals surface area contributed by atoms with E-state index < -0.39 is 0 Å². The molecule has 0 aromatic heterocycles. The molecule has 3 atom stereocenters. The molecule has 1 aliphatic heterocycles. The first-order valence-electron chi connectivity index (χ1n) is 9.65. The van der Waals surface area contributed by atoms with Gasteiger partial charge in [0.25, 0.3) is 0 Å². The summed E-state index contributed by atoms with van der Waals surface area (Å²) < 4.78 is 0. The van der Waals surface area contributed by atoms with Crippen molar-refractivity contribution in [2.75, 3.05) is 52.4 Å². The maximum atomic E-state index is 5.66. The van der Waals surface area contributed by atoms with Gasteiger partial charge in [-0.2, -0.15) is 63.9 Å². The van der Waals surface area contributed by atoms with Crippen LogP contribution in [0.2, 0.25) is 0 Å². The van der Waals surface area contributed by atoms with Crippen LogP contribution in [0, 0.1) is 0 Å². The smallest absolute Gasteiger partial charge is 0 e. The van der Waals surface area contributed by atoms with E-state index in [2.05, 4.69) is 10.6 Å². The van der Waals surface area contributed by atoms with Crippen LogP contribution in [0.25, 0.3) is 26.6 Å². The van der Waals surface area contributed by atoms with E-state index in [9.17, 15) is 0 Å². The van der Waals surface area contributed by atoms with Gasteiger partial charge in [-0.3, -0.25) is 0 Å². The van der Waals surface area contributed by atoms with Crippen molar-refractivity contribution < 1.29 is 18.8 Å². The summed E-state index contributed by atoms with van der Waals surface area (Å²) >= 11 is 0.00694. The Morgan fingerprint density at radius 1 is 0.846 bits per heavy atom. The van der Waals surface area contributed by atoms with Crippen LogP contribution < -0.4 is 5.73 Å². The minimum Gasteiger partial charge on any atom is 0 e. The standard InChI is InChI=1S/C17H33N6.2ClH.Mn.4H2/c18-7-3-4-15-14-23-17-6-2-1-5-16(17)22-13-11-20-9-8-19-10-12-21-15;;;;;;;/h15-17H,1-14,18H2;2*1H;;4*1H/q-5;;;+2;;;;/p-2/t15-,16+,17?;;;;;;;/m0......./s1. The molecular weight excluding hydrogens is 414 g/mol. The van der Waals surface area contributed by atoms with E-state index in [-0.39, 0.29) is 18.8 Å². The van der Waals surface area contributed by atoms with Crippen molar-refractivity contribution in [1.29, 1.82) is 0 Å². The summed E-state index contributed by atoms with van der Waals surface area (Å²) in [4.78, 5) is 0. The average molecular weight is 455 g/mol. The summed E-state index contributed by atoms with van der Waals surface area (Å²) in [6.07, 6.45) is 7.02. The third-order valence-electron chi connectivity index (χ3n) is 4.67. The fraction of sp³-hybridized carbons (Fsp3) is 1.00. The molecule has 2 N–H and O–H groups in total. The Kier molecular flexibility index (Phi) is 17.2. The molecule has 9 heteroatoms.